The van der Waals surface area contributed by atoms with Crippen molar-refractivity contribution in [3.05, 3.63) is 22.4 Å². The van der Waals surface area contributed by atoms with Gasteiger partial charge in [-0.15, -0.1) is 0 Å². The molecular weight excluding hydrogens is 348 g/mol. The smallest absolute Gasteiger partial charge is 0.315 e. The van der Waals surface area contributed by atoms with Crippen LogP contribution in [0.1, 0.15) is 43.7 Å². The Morgan fingerprint density at radius 2 is 2.12 bits per heavy atom. The summed E-state index contributed by atoms with van der Waals surface area (Å²) in [6.07, 6.45) is 5.12. The van der Waals surface area contributed by atoms with Crippen molar-refractivity contribution in [1.29, 1.82) is 0 Å². The molecule has 1 aliphatic carbocycles. The van der Waals surface area contributed by atoms with Gasteiger partial charge in [0.2, 0.25) is 5.91 Å². The normalized spacial score (nSPS) is 22.0. The van der Waals surface area contributed by atoms with Crippen LogP contribution in [0, 0.1) is 5.92 Å². The molecule has 0 radical (unpaired) electrons. The fourth-order valence-corrected chi connectivity index (χ4v) is 4.40. The van der Waals surface area contributed by atoms with Crippen molar-refractivity contribution in [2.24, 2.45) is 5.92 Å². The number of thiophene rings is 1. The number of likely N-dealkylation sites (tertiary alicyclic amines) is 1. The number of hydrogen-bond donors (Lipinski definition) is 2. The minimum absolute atomic E-state index is 0.0479. The van der Waals surface area contributed by atoms with Crippen LogP contribution in [0.25, 0.3) is 0 Å². The maximum Gasteiger partial charge on any atom is 0.315 e. The van der Waals surface area contributed by atoms with Crippen molar-refractivity contribution in [2.75, 3.05) is 33.7 Å². The van der Waals surface area contributed by atoms with Crippen molar-refractivity contribution in [3.8, 4) is 0 Å². The minimum Gasteiger partial charge on any atom is -0.340 e. The summed E-state index contributed by atoms with van der Waals surface area (Å²) < 4.78 is 0. The SMILES string of the molecule is CN(C)C(CNC(=O)NC1CCCN(C(=O)C2CCC2)C1)c1ccsc1. The fourth-order valence-electron chi connectivity index (χ4n) is 3.70. The van der Waals surface area contributed by atoms with Crippen LogP contribution >= 0.6 is 11.3 Å². The van der Waals surface area contributed by atoms with Crippen LogP contribution in [0.3, 0.4) is 0 Å². The Hall–Kier alpha value is -1.60. The van der Waals surface area contributed by atoms with Gasteiger partial charge in [0.1, 0.15) is 0 Å². The second-order valence-corrected chi connectivity index (χ2v) is 8.42. The van der Waals surface area contributed by atoms with Gasteiger partial charge in [-0.25, -0.2) is 4.79 Å². The Balaban J connectivity index is 1.45. The number of amides is 3. The topological polar surface area (TPSA) is 64.7 Å². The lowest BCUT2D eigenvalue weighted by Gasteiger charge is -2.37. The first-order valence-corrected chi connectivity index (χ1v) is 10.5. The summed E-state index contributed by atoms with van der Waals surface area (Å²) in [5.41, 5.74) is 1.22. The van der Waals surface area contributed by atoms with E-state index in [1.54, 1.807) is 11.3 Å². The third kappa shape index (κ3) is 4.76. The van der Waals surface area contributed by atoms with E-state index < -0.39 is 0 Å². The number of rotatable bonds is 6. The maximum atomic E-state index is 12.4. The molecular formula is C19H30N4O2S. The Bertz CT molecular complexity index is 601. The Kier molecular flexibility index (Phi) is 6.53. The van der Waals surface area contributed by atoms with Gasteiger partial charge in [0.15, 0.2) is 0 Å². The lowest BCUT2D eigenvalue weighted by atomic mass is 9.84. The van der Waals surface area contributed by atoms with E-state index >= 15 is 0 Å². The second-order valence-electron chi connectivity index (χ2n) is 7.64. The van der Waals surface area contributed by atoms with Crippen molar-refractivity contribution in [2.45, 2.75) is 44.2 Å². The first-order valence-electron chi connectivity index (χ1n) is 9.56. The quantitative estimate of drug-likeness (QED) is 0.799. The average molecular weight is 379 g/mol. The van der Waals surface area contributed by atoms with E-state index in [1.807, 2.05) is 19.0 Å². The molecule has 2 fully saturated rings. The molecule has 1 saturated carbocycles. The van der Waals surface area contributed by atoms with Crippen LogP contribution in [-0.4, -0.2) is 61.5 Å². The predicted molar refractivity (Wildman–Crippen MR) is 104 cm³/mol. The van der Waals surface area contributed by atoms with Crippen molar-refractivity contribution >= 4 is 23.3 Å². The first-order chi connectivity index (χ1) is 12.5. The summed E-state index contributed by atoms with van der Waals surface area (Å²) in [4.78, 5) is 28.8. The van der Waals surface area contributed by atoms with Crippen molar-refractivity contribution < 1.29 is 9.59 Å². The molecule has 0 bridgehead atoms. The zero-order valence-corrected chi connectivity index (χ0v) is 16.6. The van der Waals surface area contributed by atoms with Gasteiger partial charge in [0, 0.05) is 31.6 Å². The molecule has 144 valence electrons. The molecule has 2 atom stereocenters. The van der Waals surface area contributed by atoms with Gasteiger partial charge in [0.25, 0.3) is 0 Å². The Morgan fingerprint density at radius 3 is 2.73 bits per heavy atom. The lowest BCUT2D eigenvalue weighted by Crippen LogP contribution is -2.53. The van der Waals surface area contributed by atoms with Crippen LogP contribution in [0.2, 0.25) is 0 Å². The van der Waals surface area contributed by atoms with Crippen LogP contribution in [-0.2, 0) is 4.79 Å². The third-order valence-electron chi connectivity index (χ3n) is 5.53. The van der Waals surface area contributed by atoms with Gasteiger partial charge in [-0.2, -0.15) is 11.3 Å². The largest absolute Gasteiger partial charge is 0.340 e. The molecule has 1 saturated heterocycles. The average Bonchev–Trinajstić information content (AvgIpc) is 3.07. The number of likely N-dealkylation sites (N-methyl/N-ethyl adjacent to an activating group) is 1. The number of carbonyl (C=O) groups excluding carboxylic acids is 2. The molecule has 2 aliphatic rings. The minimum atomic E-state index is -0.143. The molecule has 2 N–H and O–H groups in total. The summed E-state index contributed by atoms with van der Waals surface area (Å²) in [6, 6.07) is 2.16. The number of nitrogens with one attached hydrogen (secondary N) is 2. The molecule has 1 aromatic heterocycles. The number of carbonyl (C=O) groups is 2. The number of urea groups is 1. The van der Waals surface area contributed by atoms with Gasteiger partial charge in [-0.05, 0) is 62.2 Å². The molecule has 6 nitrogen and oxygen atoms in total. The monoisotopic (exact) mass is 378 g/mol. The molecule has 1 aliphatic heterocycles. The molecule has 2 unspecified atom stereocenters. The number of piperidine rings is 1. The van der Waals surface area contributed by atoms with Gasteiger partial charge >= 0.3 is 6.03 Å². The van der Waals surface area contributed by atoms with E-state index in [0.717, 1.165) is 32.2 Å². The van der Waals surface area contributed by atoms with E-state index in [0.29, 0.717) is 13.1 Å². The molecule has 3 rings (SSSR count). The lowest BCUT2D eigenvalue weighted by molar-refractivity contribution is -0.139. The number of hydrogen-bond acceptors (Lipinski definition) is 4. The highest BCUT2D eigenvalue weighted by Gasteiger charge is 2.32. The van der Waals surface area contributed by atoms with E-state index in [1.165, 1.54) is 12.0 Å². The van der Waals surface area contributed by atoms with Crippen molar-refractivity contribution in [1.82, 2.24) is 20.4 Å². The Labute approximate surface area is 159 Å². The molecule has 7 heteroatoms. The zero-order chi connectivity index (χ0) is 18.5. The van der Waals surface area contributed by atoms with Crippen LogP contribution in [0.5, 0.6) is 0 Å². The van der Waals surface area contributed by atoms with Crippen LogP contribution < -0.4 is 10.6 Å². The third-order valence-corrected chi connectivity index (χ3v) is 6.23. The van der Waals surface area contributed by atoms with Crippen LogP contribution in [0.4, 0.5) is 4.79 Å². The van der Waals surface area contributed by atoms with Gasteiger partial charge in [0.05, 0.1) is 6.04 Å². The van der Waals surface area contributed by atoms with E-state index in [-0.39, 0.29) is 29.9 Å². The summed E-state index contributed by atoms with van der Waals surface area (Å²) in [7, 11) is 4.04. The van der Waals surface area contributed by atoms with E-state index in [2.05, 4.69) is 32.4 Å². The predicted octanol–water partition coefficient (Wildman–Crippen LogP) is 2.44. The van der Waals surface area contributed by atoms with E-state index in [4.69, 9.17) is 0 Å². The maximum absolute atomic E-state index is 12.4. The fraction of sp³-hybridized carbons (Fsp3) is 0.684. The molecule has 3 amide bonds. The highest BCUT2D eigenvalue weighted by atomic mass is 32.1. The van der Waals surface area contributed by atoms with Crippen molar-refractivity contribution in [3.63, 3.8) is 0 Å². The molecule has 0 spiro atoms. The molecule has 2 heterocycles. The molecule has 1 aromatic rings. The van der Waals surface area contributed by atoms with Gasteiger partial charge in [-0.3, -0.25) is 4.79 Å². The summed E-state index contributed by atoms with van der Waals surface area (Å²) >= 11 is 1.67. The van der Waals surface area contributed by atoms with E-state index in [9.17, 15) is 9.59 Å². The van der Waals surface area contributed by atoms with Gasteiger partial charge in [-0.1, -0.05) is 6.42 Å². The van der Waals surface area contributed by atoms with Gasteiger partial charge < -0.3 is 20.4 Å². The molecule has 0 aromatic carbocycles. The second kappa shape index (κ2) is 8.86. The summed E-state index contributed by atoms with van der Waals surface area (Å²) in [5, 5.41) is 10.2. The Morgan fingerprint density at radius 1 is 1.31 bits per heavy atom. The molecule has 26 heavy (non-hydrogen) atoms. The summed E-state index contributed by atoms with van der Waals surface area (Å²) in [5.74, 6) is 0.516. The highest BCUT2D eigenvalue weighted by molar-refractivity contribution is 7.07. The van der Waals surface area contributed by atoms with Crippen LogP contribution in [0.15, 0.2) is 16.8 Å². The summed E-state index contributed by atoms with van der Waals surface area (Å²) in [6.45, 7) is 2.04. The first kappa shape index (κ1) is 19.2. The highest BCUT2D eigenvalue weighted by Crippen LogP contribution is 2.29. The number of nitrogens with zero attached hydrogens (tertiary/aromatic N) is 2. The standard InChI is InChI=1S/C19H30N4O2S/c1-22(2)17(15-8-10-26-13-15)11-20-19(25)21-16-7-4-9-23(12-16)18(24)14-5-3-6-14/h8,10,13-14,16-17H,3-7,9,11-12H2,1-2H3,(H2,20,21,25). The zero-order valence-electron chi connectivity index (χ0n) is 15.7.